The minimum atomic E-state index is -0.833. The second-order valence-corrected chi connectivity index (χ2v) is 2.45. The summed E-state index contributed by atoms with van der Waals surface area (Å²) in [7, 11) is 0. The van der Waals surface area contributed by atoms with Crippen LogP contribution in [0.3, 0.4) is 0 Å². The van der Waals surface area contributed by atoms with Gasteiger partial charge in [-0.3, -0.25) is 4.79 Å². The Balaban J connectivity index is 0.000000180. The smallest absolute Gasteiger partial charge is 0.300 e. The van der Waals surface area contributed by atoms with Gasteiger partial charge in [-0.15, -0.1) is 0 Å². The van der Waals surface area contributed by atoms with Gasteiger partial charge in [-0.1, -0.05) is 32.1 Å². The molecule has 2 heteroatoms. The molecule has 59 valence electrons. The van der Waals surface area contributed by atoms with Crippen molar-refractivity contribution in [3.05, 3.63) is 6.42 Å². The molecule has 1 saturated carbocycles. The van der Waals surface area contributed by atoms with Gasteiger partial charge >= 0.3 is 0 Å². The average Bonchev–Trinajstić information content (AvgIpc) is 1.90. The second kappa shape index (κ2) is 6.59. The minimum Gasteiger partial charge on any atom is -0.481 e. The molecule has 1 fully saturated rings. The van der Waals surface area contributed by atoms with Crippen LogP contribution in [0.5, 0.6) is 0 Å². The molecule has 1 rings (SSSR count). The minimum absolute atomic E-state index is 0.833. The van der Waals surface area contributed by atoms with Crippen LogP contribution < -0.4 is 0 Å². The van der Waals surface area contributed by atoms with Crippen LogP contribution >= 0.6 is 0 Å². The summed E-state index contributed by atoms with van der Waals surface area (Å²) in [5.74, 6) is -0.833. The molecule has 0 heterocycles. The van der Waals surface area contributed by atoms with Gasteiger partial charge in [-0.05, 0) is 6.42 Å². The van der Waals surface area contributed by atoms with E-state index in [-0.39, 0.29) is 0 Å². The van der Waals surface area contributed by atoms with Gasteiger partial charge in [0, 0.05) is 6.92 Å². The van der Waals surface area contributed by atoms with Crippen LogP contribution in [0.2, 0.25) is 0 Å². The van der Waals surface area contributed by atoms with Gasteiger partial charge in [0.15, 0.2) is 0 Å². The molecule has 0 aromatic rings. The molecule has 1 radical (unpaired) electrons. The molecule has 0 bridgehead atoms. The van der Waals surface area contributed by atoms with Crippen LogP contribution in [0.4, 0.5) is 0 Å². The molecule has 2 nitrogen and oxygen atoms in total. The highest BCUT2D eigenvalue weighted by Gasteiger charge is 1.95. The summed E-state index contributed by atoms with van der Waals surface area (Å²) in [6.07, 6.45) is 9.50. The average molecular weight is 143 g/mol. The van der Waals surface area contributed by atoms with E-state index < -0.39 is 5.97 Å². The quantitative estimate of drug-likeness (QED) is 0.564. The zero-order valence-corrected chi connectivity index (χ0v) is 6.47. The topological polar surface area (TPSA) is 37.3 Å². The summed E-state index contributed by atoms with van der Waals surface area (Å²) in [6, 6.07) is 0. The Kier molecular flexibility index (Phi) is 6.24. The van der Waals surface area contributed by atoms with Crippen molar-refractivity contribution in [1.29, 1.82) is 0 Å². The largest absolute Gasteiger partial charge is 0.481 e. The fraction of sp³-hybridized carbons (Fsp3) is 0.750. The summed E-state index contributed by atoms with van der Waals surface area (Å²) >= 11 is 0. The van der Waals surface area contributed by atoms with Gasteiger partial charge in [-0.25, -0.2) is 0 Å². The second-order valence-electron chi connectivity index (χ2n) is 2.45. The van der Waals surface area contributed by atoms with Gasteiger partial charge in [-0.2, -0.15) is 0 Å². The molecular formula is C8H15O2. The SMILES string of the molecule is CC(=O)O.[CH]1CCCCC1. The lowest BCUT2D eigenvalue weighted by atomic mass is 10.0. The Bertz CT molecular complexity index is 69.7. The molecule has 0 spiro atoms. The third-order valence-electron chi connectivity index (χ3n) is 1.32. The number of rotatable bonds is 0. The first-order valence-corrected chi connectivity index (χ1v) is 3.74. The Labute approximate surface area is 62.2 Å². The van der Waals surface area contributed by atoms with E-state index in [0.29, 0.717) is 0 Å². The number of hydrogen-bond donors (Lipinski definition) is 1. The van der Waals surface area contributed by atoms with Crippen LogP contribution in [-0.4, -0.2) is 11.1 Å². The number of aliphatic carboxylic acids is 1. The number of carbonyl (C=O) groups is 1. The molecule has 1 aliphatic carbocycles. The predicted octanol–water partition coefficient (Wildman–Crippen LogP) is 2.25. The maximum absolute atomic E-state index is 9.00. The Morgan fingerprint density at radius 2 is 1.70 bits per heavy atom. The van der Waals surface area contributed by atoms with Crippen molar-refractivity contribution in [1.82, 2.24) is 0 Å². The summed E-state index contributed by atoms with van der Waals surface area (Å²) in [5, 5.41) is 7.42. The van der Waals surface area contributed by atoms with Crippen LogP contribution in [0.25, 0.3) is 0 Å². The van der Waals surface area contributed by atoms with Gasteiger partial charge in [0.2, 0.25) is 0 Å². The normalized spacial score (nSPS) is 16.9. The van der Waals surface area contributed by atoms with Crippen LogP contribution in [-0.2, 0) is 4.79 Å². The predicted molar refractivity (Wildman–Crippen MR) is 40.7 cm³/mol. The summed E-state index contributed by atoms with van der Waals surface area (Å²) in [4.78, 5) is 9.00. The third-order valence-corrected chi connectivity index (χ3v) is 1.32. The van der Waals surface area contributed by atoms with Crippen molar-refractivity contribution in [2.24, 2.45) is 0 Å². The highest BCUT2D eigenvalue weighted by Crippen LogP contribution is 2.14. The van der Waals surface area contributed by atoms with Crippen molar-refractivity contribution in [2.75, 3.05) is 0 Å². The highest BCUT2D eigenvalue weighted by atomic mass is 16.4. The number of hydrogen-bond acceptors (Lipinski definition) is 1. The molecule has 1 N–H and O–H groups in total. The first-order valence-electron chi connectivity index (χ1n) is 3.74. The Morgan fingerprint density at radius 3 is 1.80 bits per heavy atom. The van der Waals surface area contributed by atoms with Gasteiger partial charge in [0.05, 0.1) is 0 Å². The Morgan fingerprint density at radius 1 is 1.30 bits per heavy atom. The van der Waals surface area contributed by atoms with E-state index in [1.54, 1.807) is 0 Å². The molecule has 1 aliphatic rings. The maximum Gasteiger partial charge on any atom is 0.300 e. The molecule has 0 saturated heterocycles. The maximum atomic E-state index is 9.00. The lowest BCUT2D eigenvalue weighted by Crippen LogP contribution is -1.87. The fourth-order valence-corrected chi connectivity index (χ4v) is 0.898. The standard InChI is InChI=1S/C6H11.C2H4O2/c1-2-4-6-5-3-1;1-2(3)4/h1H,2-6H2;1H3,(H,3,4). The van der Waals surface area contributed by atoms with Crippen molar-refractivity contribution in [3.8, 4) is 0 Å². The van der Waals surface area contributed by atoms with E-state index in [1.165, 1.54) is 32.1 Å². The molecule has 10 heavy (non-hydrogen) atoms. The van der Waals surface area contributed by atoms with Crippen molar-refractivity contribution in [3.63, 3.8) is 0 Å². The lowest BCUT2D eigenvalue weighted by Gasteiger charge is -2.05. The van der Waals surface area contributed by atoms with Crippen molar-refractivity contribution >= 4 is 5.97 Å². The first-order chi connectivity index (χ1) is 4.73. The first kappa shape index (κ1) is 9.47. The lowest BCUT2D eigenvalue weighted by molar-refractivity contribution is -0.134. The number of carboxylic acids is 1. The van der Waals surface area contributed by atoms with Crippen molar-refractivity contribution in [2.45, 2.75) is 39.0 Å². The van der Waals surface area contributed by atoms with E-state index in [0.717, 1.165) is 6.92 Å². The van der Waals surface area contributed by atoms with Crippen LogP contribution in [0.1, 0.15) is 39.0 Å². The van der Waals surface area contributed by atoms with Crippen LogP contribution in [0.15, 0.2) is 0 Å². The monoisotopic (exact) mass is 143 g/mol. The molecule has 0 aromatic carbocycles. The van der Waals surface area contributed by atoms with Crippen LogP contribution in [0, 0.1) is 6.42 Å². The van der Waals surface area contributed by atoms with Gasteiger partial charge < -0.3 is 5.11 Å². The summed E-state index contributed by atoms with van der Waals surface area (Å²) in [6.45, 7) is 1.08. The number of carboxylic acid groups (broad SMARTS) is 1. The third kappa shape index (κ3) is 10.5. The van der Waals surface area contributed by atoms with Gasteiger partial charge in [0.25, 0.3) is 5.97 Å². The summed E-state index contributed by atoms with van der Waals surface area (Å²) in [5.41, 5.74) is 0. The molecule has 0 aliphatic heterocycles. The van der Waals surface area contributed by atoms with Gasteiger partial charge in [0.1, 0.15) is 0 Å². The molecule has 0 amide bonds. The molecule has 0 aromatic heterocycles. The molecule has 0 unspecified atom stereocenters. The van der Waals surface area contributed by atoms with E-state index in [4.69, 9.17) is 9.90 Å². The Hall–Kier alpha value is -0.530. The van der Waals surface area contributed by atoms with E-state index >= 15 is 0 Å². The molecule has 0 atom stereocenters. The highest BCUT2D eigenvalue weighted by molar-refractivity contribution is 5.62. The zero-order chi connectivity index (χ0) is 7.82. The summed E-state index contributed by atoms with van der Waals surface area (Å²) < 4.78 is 0. The van der Waals surface area contributed by atoms with E-state index in [1.807, 2.05) is 0 Å². The van der Waals surface area contributed by atoms with E-state index in [9.17, 15) is 0 Å². The fourth-order valence-electron chi connectivity index (χ4n) is 0.898. The van der Waals surface area contributed by atoms with Crippen molar-refractivity contribution < 1.29 is 9.90 Å². The van der Waals surface area contributed by atoms with E-state index in [2.05, 4.69) is 6.42 Å². The zero-order valence-electron chi connectivity index (χ0n) is 6.47. The molecular weight excluding hydrogens is 128 g/mol.